The van der Waals surface area contributed by atoms with Crippen LogP contribution in [0.25, 0.3) is 11.2 Å². The van der Waals surface area contributed by atoms with Crippen molar-refractivity contribution < 1.29 is 4.74 Å². The number of halogens is 1. The standard InChI is InChI=1S/C25H27IN6O3/c1-29-22-21(23(33)31(25(29)34)15-16-35-19-8-3-2-4-9-19)32(17-18-7-5-6-10-20(18)26)24(28-22)30-13-11-27-12-14-30/h2-10,27H,11-17H2,1H3. The van der Waals surface area contributed by atoms with Crippen LogP contribution in [-0.2, 0) is 20.1 Å². The molecule has 182 valence electrons. The number of benzene rings is 2. The van der Waals surface area contributed by atoms with Gasteiger partial charge in [-0.05, 0) is 46.4 Å². The summed E-state index contributed by atoms with van der Waals surface area (Å²) in [5.74, 6) is 1.41. The number of para-hydroxylation sites is 1. The van der Waals surface area contributed by atoms with E-state index in [0.717, 1.165) is 35.3 Å². The van der Waals surface area contributed by atoms with Crippen molar-refractivity contribution in [1.82, 2.24) is 24.0 Å². The van der Waals surface area contributed by atoms with Gasteiger partial charge in [-0.3, -0.25) is 18.5 Å². The van der Waals surface area contributed by atoms with Gasteiger partial charge in [-0.1, -0.05) is 36.4 Å². The molecule has 0 spiro atoms. The Bertz CT molecular complexity index is 1450. The summed E-state index contributed by atoms with van der Waals surface area (Å²) >= 11 is 2.31. The van der Waals surface area contributed by atoms with E-state index in [1.54, 1.807) is 7.05 Å². The van der Waals surface area contributed by atoms with Crippen LogP contribution in [0.3, 0.4) is 0 Å². The van der Waals surface area contributed by atoms with Gasteiger partial charge in [-0.25, -0.2) is 4.79 Å². The molecule has 5 rings (SSSR count). The van der Waals surface area contributed by atoms with Crippen LogP contribution in [0.2, 0.25) is 0 Å². The van der Waals surface area contributed by atoms with Gasteiger partial charge in [0.05, 0.1) is 13.1 Å². The summed E-state index contributed by atoms with van der Waals surface area (Å²) in [6.07, 6.45) is 0. The third-order valence-electron chi connectivity index (χ3n) is 6.23. The molecule has 1 fully saturated rings. The lowest BCUT2D eigenvalue weighted by Gasteiger charge is -2.28. The maximum atomic E-state index is 13.7. The summed E-state index contributed by atoms with van der Waals surface area (Å²) < 4.78 is 11.6. The SMILES string of the molecule is Cn1c(=O)n(CCOc2ccccc2)c(=O)c2c1nc(N1CCNCC1)n2Cc1ccccc1I. The molecule has 0 aliphatic carbocycles. The summed E-state index contributed by atoms with van der Waals surface area (Å²) in [6.45, 7) is 4.08. The van der Waals surface area contributed by atoms with Crippen LogP contribution < -0.4 is 26.2 Å². The zero-order chi connectivity index (χ0) is 24.4. The monoisotopic (exact) mass is 586 g/mol. The third-order valence-corrected chi connectivity index (χ3v) is 7.28. The number of hydrogen-bond donors (Lipinski definition) is 1. The van der Waals surface area contributed by atoms with E-state index >= 15 is 0 Å². The molecule has 0 saturated carbocycles. The zero-order valence-electron chi connectivity index (χ0n) is 19.5. The van der Waals surface area contributed by atoms with Crippen molar-refractivity contribution in [1.29, 1.82) is 0 Å². The summed E-state index contributed by atoms with van der Waals surface area (Å²) in [6, 6.07) is 17.5. The molecular formula is C25H27IN6O3. The molecule has 1 aliphatic heterocycles. The highest BCUT2D eigenvalue weighted by Gasteiger charge is 2.25. The quantitative estimate of drug-likeness (QED) is 0.334. The summed E-state index contributed by atoms with van der Waals surface area (Å²) in [5.41, 5.74) is 1.18. The van der Waals surface area contributed by atoms with Gasteiger partial charge >= 0.3 is 5.69 Å². The van der Waals surface area contributed by atoms with Crippen molar-refractivity contribution in [2.24, 2.45) is 7.05 Å². The fourth-order valence-electron chi connectivity index (χ4n) is 4.38. The fourth-order valence-corrected chi connectivity index (χ4v) is 4.94. The first-order chi connectivity index (χ1) is 17.0. The lowest BCUT2D eigenvalue weighted by molar-refractivity contribution is 0.292. The van der Waals surface area contributed by atoms with Gasteiger partial charge in [0, 0.05) is 36.8 Å². The Hall–Kier alpha value is -3.12. The summed E-state index contributed by atoms with van der Waals surface area (Å²) in [7, 11) is 1.67. The van der Waals surface area contributed by atoms with Crippen molar-refractivity contribution in [2.75, 3.05) is 37.7 Å². The van der Waals surface area contributed by atoms with E-state index in [1.165, 1.54) is 9.13 Å². The Balaban J connectivity index is 1.60. The topological polar surface area (TPSA) is 86.3 Å². The third kappa shape index (κ3) is 4.72. The molecule has 1 saturated heterocycles. The average molecular weight is 586 g/mol. The summed E-state index contributed by atoms with van der Waals surface area (Å²) in [4.78, 5) is 33.9. The minimum absolute atomic E-state index is 0.146. The minimum Gasteiger partial charge on any atom is -0.492 e. The second-order valence-corrected chi connectivity index (χ2v) is 9.62. The second kappa shape index (κ2) is 10.2. The average Bonchev–Trinajstić information content (AvgIpc) is 3.27. The maximum Gasteiger partial charge on any atom is 0.332 e. The number of hydrogen-bond acceptors (Lipinski definition) is 6. The highest BCUT2D eigenvalue weighted by Crippen LogP contribution is 2.23. The number of nitrogens with zero attached hydrogens (tertiary/aromatic N) is 5. The first-order valence-electron chi connectivity index (χ1n) is 11.6. The number of nitrogens with one attached hydrogen (secondary N) is 1. The molecule has 0 amide bonds. The molecule has 4 aromatic rings. The number of fused-ring (bicyclic) bond motifs is 1. The van der Waals surface area contributed by atoms with E-state index in [1.807, 2.05) is 47.0 Å². The van der Waals surface area contributed by atoms with Crippen molar-refractivity contribution in [2.45, 2.75) is 13.1 Å². The van der Waals surface area contributed by atoms with Gasteiger partial charge in [-0.2, -0.15) is 4.98 Å². The van der Waals surface area contributed by atoms with E-state index in [9.17, 15) is 9.59 Å². The number of piperazine rings is 1. The molecule has 2 aromatic carbocycles. The molecule has 0 radical (unpaired) electrons. The van der Waals surface area contributed by atoms with Crippen LogP contribution >= 0.6 is 22.6 Å². The highest BCUT2D eigenvalue weighted by molar-refractivity contribution is 14.1. The van der Waals surface area contributed by atoms with E-state index in [2.05, 4.69) is 44.9 Å². The molecule has 0 unspecified atom stereocenters. The molecule has 0 atom stereocenters. The largest absolute Gasteiger partial charge is 0.492 e. The normalized spacial score (nSPS) is 13.9. The van der Waals surface area contributed by atoms with Crippen LogP contribution in [-0.4, -0.2) is 51.5 Å². The maximum absolute atomic E-state index is 13.7. The Morgan fingerprint density at radius 3 is 2.46 bits per heavy atom. The van der Waals surface area contributed by atoms with Crippen LogP contribution in [0.5, 0.6) is 5.75 Å². The van der Waals surface area contributed by atoms with Gasteiger partial charge < -0.3 is 15.0 Å². The van der Waals surface area contributed by atoms with Crippen molar-refractivity contribution in [3.63, 3.8) is 0 Å². The van der Waals surface area contributed by atoms with E-state index < -0.39 is 5.69 Å². The predicted molar refractivity (Wildman–Crippen MR) is 145 cm³/mol. The van der Waals surface area contributed by atoms with E-state index in [0.29, 0.717) is 29.4 Å². The first-order valence-corrected chi connectivity index (χ1v) is 12.7. The van der Waals surface area contributed by atoms with Crippen molar-refractivity contribution in [3.8, 4) is 5.75 Å². The highest BCUT2D eigenvalue weighted by atomic mass is 127. The molecular weight excluding hydrogens is 559 g/mol. The molecule has 9 nitrogen and oxygen atoms in total. The van der Waals surface area contributed by atoms with Gasteiger partial charge in [0.1, 0.15) is 12.4 Å². The van der Waals surface area contributed by atoms with Gasteiger partial charge in [0.15, 0.2) is 11.2 Å². The molecule has 35 heavy (non-hydrogen) atoms. The Kier molecular flexibility index (Phi) is 6.91. The molecule has 3 heterocycles. The lowest BCUT2D eigenvalue weighted by atomic mass is 10.2. The van der Waals surface area contributed by atoms with Crippen LogP contribution in [0.1, 0.15) is 5.56 Å². The number of aryl methyl sites for hydroxylation is 1. The smallest absolute Gasteiger partial charge is 0.332 e. The second-order valence-electron chi connectivity index (χ2n) is 8.46. The van der Waals surface area contributed by atoms with E-state index in [-0.39, 0.29) is 18.7 Å². The number of ether oxygens (including phenoxy) is 1. The Morgan fingerprint density at radius 1 is 1.00 bits per heavy atom. The molecule has 0 bridgehead atoms. The predicted octanol–water partition coefficient (Wildman–Crippen LogP) is 2.04. The molecule has 10 heteroatoms. The molecule has 1 aliphatic rings. The van der Waals surface area contributed by atoms with Crippen molar-refractivity contribution >= 4 is 39.7 Å². The van der Waals surface area contributed by atoms with Gasteiger partial charge in [-0.15, -0.1) is 0 Å². The number of anilines is 1. The Morgan fingerprint density at radius 2 is 1.71 bits per heavy atom. The van der Waals surface area contributed by atoms with Gasteiger partial charge in [0.2, 0.25) is 5.95 Å². The molecule has 2 aromatic heterocycles. The number of rotatable bonds is 7. The minimum atomic E-state index is -0.398. The molecule has 1 N–H and O–H groups in total. The zero-order valence-corrected chi connectivity index (χ0v) is 21.6. The van der Waals surface area contributed by atoms with Crippen LogP contribution in [0.15, 0.2) is 64.2 Å². The fraction of sp³-hybridized carbons (Fsp3) is 0.320. The summed E-state index contributed by atoms with van der Waals surface area (Å²) in [5, 5.41) is 3.36. The lowest BCUT2D eigenvalue weighted by Crippen LogP contribution is -2.44. The van der Waals surface area contributed by atoms with Crippen LogP contribution in [0.4, 0.5) is 5.95 Å². The Labute approximate surface area is 216 Å². The number of aromatic nitrogens is 4. The van der Waals surface area contributed by atoms with Crippen LogP contribution in [0, 0.1) is 3.57 Å². The van der Waals surface area contributed by atoms with E-state index in [4.69, 9.17) is 9.72 Å². The van der Waals surface area contributed by atoms with Crippen molar-refractivity contribution in [3.05, 3.63) is 84.6 Å². The first kappa shape index (κ1) is 23.6. The van der Waals surface area contributed by atoms with Gasteiger partial charge in [0.25, 0.3) is 5.56 Å². The number of imidazole rings is 1.